The first-order valence-corrected chi connectivity index (χ1v) is 9.79. The van der Waals surface area contributed by atoms with Crippen molar-refractivity contribution in [2.75, 3.05) is 0 Å². The van der Waals surface area contributed by atoms with Crippen LogP contribution < -0.4 is 0 Å². The fourth-order valence-corrected chi connectivity index (χ4v) is 7.44. The van der Waals surface area contributed by atoms with E-state index in [-0.39, 0.29) is 40.2 Å². The molecular formula is C21H30O4. The second-order valence-corrected chi connectivity index (χ2v) is 9.56. The van der Waals surface area contributed by atoms with Gasteiger partial charge in [0.2, 0.25) is 0 Å². The van der Waals surface area contributed by atoms with Crippen LogP contribution in [0.25, 0.3) is 0 Å². The van der Waals surface area contributed by atoms with Gasteiger partial charge in [-0.15, -0.1) is 0 Å². The fourth-order valence-electron chi connectivity index (χ4n) is 7.44. The average molecular weight is 346 g/mol. The smallest absolute Gasteiger partial charge is 0.155 e. The SMILES string of the molecule is CC(=O)[C@H]1[C@H](O)C[C@H]2[C@@H]3CCC4=CC(=O)CC[C@]4(C)[C@H]3[C@@H](O)C[C@@]21C. The number of carbonyl (C=O) groups is 2. The zero-order valence-corrected chi connectivity index (χ0v) is 15.5. The molecule has 0 unspecified atom stereocenters. The van der Waals surface area contributed by atoms with Crippen molar-refractivity contribution < 1.29 is 19.8 Å². The Hall–Kier alpha value is -1.00. The van der Waals surface area contributed by atoms with Crippen LogP contribution in [0.3, 0.4) is 0 Å². The highest BCUT2D eigenvalue weighted by Crippen LogP contribution is 2.66. The Morgan fingerprint density at radius 2 is 1.92 bits per heavy atom. The third kappa shape index (κ3) is 2.26. The summed E-state index contributed by atoms with van der Waals surface area (Å²) < 4.78 is 0. The Morgan fingerprint density at radius 3 is 2.60 bits per heavy atom. The summed E-state index contributed by atoms with van der Waals surface area (Å²) in [6, 6.07) is 0. The molecule has 0 radical (unpaired) electrons. The fraction of sp³-hybridized carbons (Fsp3) is 0.810. The molecule has 4 heteroatoms. The second-order valence-electron chi connectivity index (χ2n) is 9.56. The maximum atomic E-state index is 12.2. The van der Waals surface area contributed by atoms with Crippen molar-refractivity contribution in [1.29, 1.82) is 0 Å². The molecule has 4 aliphatic carbocycles. The zero-order valence-electron chi connectivity index (χ0n) is 15.5. The van der Waals surface area contributed by atoms with Crippen LogP contribution in [0.5, 0.6) is 0 Å². The number of Topliss-reactive ketones (excluding diaryl/α,β-unsaturated/α-hetero) is 1. The van der Waals surface area contributed by atoms with Gasteiger partial charge in [0.15, 0.2) is 5.78 Å². The largest absolute Gasteiger partial charge is 0.393 e. The third-order valence-electron chi connectivity index (χ3n) is 8.36. The minimum Gasteiger partial charge on any atom is -0.393 e. The molecule has 0 spiro atoms. The Morgan fingerprint density at radius 1 is 1.20 bits per heavy atom. The predicted octanol–water partition coefficient (Wildman–Crippen LogP) is 2.67. The highest BCUT2D eigenvalue weighted by molar-refractivity contribution is 5.91. The van der Waals surface area contributed by atoms with Crippen molar-refractivity contribution in [1.82, 2.24) is 0 Å². The van der Waals surface area contributed by atoms with Crippen LogP contribution in [0.4, 0.5) is 0 Å². The molecule has 0 aromatic heterocycles. The van der Waals surface area contributed by atoms with Crippen LogP contribution >= 0.6 is 0 Å². The molecule has 4 nitrogen and oxygen atoms in total. The summed E-state index contributed by atoms with van der Waals surface area (Å²) in [6.07, 6.45) is 5.27. The van der Waals surface area contributed by atoms with E-state index in [1.165, 1.54) is 5.57 Å². The Labute approximate surface area is 149 Å². The van der Waals surface area contributed by atoms with Gasteiger partial charge in [-0.2, -0.15) is 0 Å². The molecule has 3 fully saturated rings. The van der Waals surface area contributed by atoms with Gasteiger partial charge in [0.1, 0.15) is 5.78 Å². The van der Waals surface area contributed by atoms with Crippen molar-refractivity contribution in [3.8, 4) is 0 Å². The van der Waals surface area contributed by atoms with Crippen LogP contribution in [0.15, 0.2) is 11.6 Å². The Balaban J connectivity index is 1.74. The second kappa shape index (κ2) is 5.50. The topological polar surface area (TPSA) is 74.6 Å². The Bertz CT molecular complexity index is 652. The molecule has 25 heavy (non-hydrogen) atoms. The molecule has 0 bridgehead atoms. The van der Waals surface area contributed by atoms with Crippen molar-refractivity contribution >= 4 is 11.6 Å². The number of hydrogen-bond acceptors (Lipinski definition) is 4. The van der Waals surface area contributed by atoms with E-state index in [0.29, 0.717) is 25.2 Å². The van der Waals surface area contributed by atoms with E-state index in [2.05, 4.69) is 13.8 Å². The minimum absolute atomic E-state index is 0.0500. The minimum atomic E-state index is -0.587. The lowest BCUT2D eigenvalue weighted by Gasteiger charge is -2.59. The van der Waals surface area contributed by atoms with E-state index in [0.717, 1.165) is 19.3 Å². The monoisotopic (exact) mass is 346 g/mol. The van der Waals surface area contributed by atoms with Crippen molar-refractivity contribution in [3.63, 3.8) is 0 Å². The van der Waals surface area contributed by atoms with Gasteiger partial charge in [-0.1, -0.05) is 19.4 Å². The first-order chi connectivity index (χ1) is 11.7. The van der Waals surface area contributed by atoms with Gasteiger partial charge >= 0.3 is 0 Å². The van der Waals surface area contributed by atoms with Gasteiger partial charge < -0.3 is 10.2 Å². The molecule has 8 atom stereocenters. The number of hydrogen-bond donors (Lipinski definition) is 2. The highest BCUT2D eigenvalue weighted by Gasteiger charge is 2.64. The molecule has 0 aromatic rings. The summed E-state index contributed by atoms with van der Waals surface area (Å²) in [7, 11) is 0. The summed E-state index contributed by atoms with van der Waals surface area (Å²) in [6.45, 7) is 5.91. The number of allylic oxidation sites excluding steroid dienone is 1. The van der Waals surface area contributed by atoms with Gasteiger partial charge in [0.05, 0.1) is 12.2 Å². The standard InChI is InChI=1S/C21H30O4/c1-11(22)18-16(24)9-15-14-5-4-12-8-13(23)6-7-20(12,2)19(14)17(25)10-21(15,18)3/h8,14-19,24-25H,4-7,9-10H2,1-3H3/t14-,15-,16+,17-,18-,19+,20-,21-/m0/s1. The molecule has 0 aromatic carbocycles. The molecule has 0 amide bonds. The zero-order chi connectivity index (χ0) is 18.1. The molecule has 4 aliphatic rings. The van der Waals surface area contributed by atoms with E-state index in [1.807, 2.05) is 6.08 Å². The predicted molar refractivity (Wildman–Crippen MR) is 93.7 cm³/mol. The van der Waals surface area contributed by atoms with Crippen molar-refractivity contribution in [2.45, 2.75) is 71.5 Å². The quantitative estimate of drug-likeness (QED) is 0.765. The molecule has 0 saturated heterocycles. The van der Waals surface area contributed by atoms with Crippen LogP contribution in [0.2, 0.25) is 0 Å². The maximum absolute atomic E-state index is 12.2. The van der Waals surface area contributed by atoms with E-state index in [4.69, 9.17) is 0 Å². The number of fused-ring (bicyclic) bond motifs is 5. The number of aliphatic hydroxyl groups excluding tert-OH is 2. The van der Waals surface area contributed by atoms with Gasteiger partial charge in [-0.25, -0.2) is 0 Å². The number of carbonyl (C=O) groups excluding carboxylic acids is 2. The van der Waals surface area contributed by atoms with E-state index < -0.39 is 12.2 Å². The number of aliphatic hydroxyl groups is 2. The van der Waals surface area contributed by atoms with Crippen LogP contribution in [-0.2, 0) is 9.59 Å². The van der Waals surface area contributed by atoms with Crippen molar-refractivity contribution in [3.05, 3.63) is 11.6 Å². The molecule has 4 rings (SSSR count). The summed E-state index contributed by atoms with van der Waals surface area (Å²) in [5.41, 5.74) is 0.791. The number of rotatable bonds is 1. The van der Waals surface area contributed by atoms with E-state index in [1.54, 1.807) is 6.92 Å². The van der Waals surface area contributed by atoms with Crippen LogP contribution in [-0.4, -0.2) is 34.0 Å². The van der Waals surface area contributed by atoms with E-state index >= 15 is 0 Å². The lowest BCUT2D eigenvalue weighted by Crippen LogP contribution is -2.57. The summed E-state index contributed by atoms with van der Waals surface area (Å²) >= 11 is 0. The van der Waals surface area contributed by atoms with Gasteiger partial charge in [0.25, 0.3) is 0 Å². The normalized spacial score (nSPS) is 52.0. The first-order valence-electron chi connectivity index (χ1n) is 9.79. The van der Waals surface area contributed by atoms with Crippen LogP contribution in [0.1, 0.15) is 59.3 Å². The Kier molecular flexibility index (Phi) is 3.83. The lowest BCUT2D eigenvalue weighted by molar-refractivity contribution is -0.145. The molecule has 138 valence electrons. The average Bonchev–Trinajstić information content (AvgIpc) is 2.77. The van der Waals surface area contributed by atoms with Gasteiger partial charge in [0, 0.05) is 12.3 Å². The molecule has 3 saturated carbocycles. The summed E-state index contributed by atoms with van der Waals surface area (Å²) in [5.74, 6) is 0.647. The first kappa shape index (κ1) is 17.4. The summed E-state index contributed by atoms with van der Waals surface area (Å²) in [5, 5.41) is 21.8. The molecule has 0 heterocycles. The van der Waals surface area contributed by atoms with E-state index in [9.17, 15) is 19.8 Å². The third-order valence-corrected chi connectivity index (χ3v) is 8.36. The molecular weight excluding hydrogens is 316 g/mol. The van der Waals surface area contributed by atoms with Gasteiger partial charge in [-0.05, 0) is 73.7 Å². The van der Waals surface area contributed by atoms with Crippen LogP contribution in [0, 0.1) is 34.5 Å². The van der Waals surface area contributed by atoms with Crippen molar-refractivity contribution in [2.24, 2.45) is 34.5 Å². The molecule has 2 N–H and O–H groups in total. The summed E-state index contributed by atoms with van der Waals surface area (Å²) in [4.78, 5) is 24.1. The number of ketones is 2. The highest BCUT2D eigenvalue weighted by atomic mass is 16.3. The van der Waals surface area contributed by atoms with Gasteiger partial charge in [-0.3, -0.25) is 9.59 Å². The molecule has 0 aliphatic heterocycles. The maximum Gasteiger partial charge on any atom is 0.155 e. The lowest BCUT2D eigenvalue weighted by atomic mass is 9.46.